The van der Waals surface area contributed by atoms with Crippen molar-refractivity contribution in [3.8, 4) is 11.1 Å². The molecule has 0 bridgehead atoms. The van der Waals surface area contributed by atoms with Gasteiger partial charge in [0.25, 0.3) is 5.69 Å². The van der Waals surface area contributed by atoms with E-state index in [9.17, 15) is 10.1 Å². The molecule has 0 aromatic heterocycles. The Morgan fingerprint density at radius 1 is 1.10 bits per heavy atom. The highest BCUT2D eigenvalue weighted by Crippen LogP contribution is 2.32. The molecular weight excluding hydrogens is 330 g/mol. The summed E-state index contributed by atoms with van der Waals surface area (Å²) < 4.78 is 0.717. The largest absolute Gasteiger partial charge is 0.278 e. The van der Waals surface area contributed by atoms with Gasteiger partial charge in [0.1, 0.15) is 0 Å². The van der Waals surface area contributed by atoms with E-state index in [4.69, 9.17) is 0 Å². The highest BCUT2D eigenvalue weighted by molar-refractivity contribution is 9.10. The Kier molecular flexibility index (Phi) is 5.51. The van der Waals surface area contributed by atoms with E-state index in [1.54, 1.807) is 12.1 Å². The maximum atomic E-state index is 11.2. The molecule has 21 heavy (non-hydrogen) atoms. The van der Waals surface area contributed by atoms with Crippen LogP contribution in [0.4, 0.5) is 5.69 Å². The third kappa shape index (κ3) is 4.14. The number of nitro benzene ring substituents is 1. The van der Waals surface area contributed by atoms with Gasteiger partial charge in [0.05, 0.1) is 10.5 Å². The number of aryl methyl sites for hydroxylation is 1. The van der Waals surface area contributed by atoms with Crippen LogP contribution in [0.5, 0.6) is 0 Å². The van der Waals surface area contributed by atoms with Crippen molar-refractivity contribution in [1.29, 1.82) is 0 Å². The van der Waals surface area contributed by atoms with E-state index < -0.39 is 0 Å². The minimum atomic E-state index is -0.338. The van der Waals surface area contributed by atoms with Crippen molar-refractivity contribution < 1.29 is 4.92 Å². The van der Waals surface area contributed by atoms with E-state index in [1.807, 2.05) is 18.2 Å². The summed E-state index contributed by atoms with van der Waals surface area (Å²) in [6.45, 7) is 2.19. The van der Waals surface area contributed by atoms with Gasteiger partial charge >= 0.3 is 0 Å². The van der Waals surface area contributed by atoms with E-state index in [0.29, 0.717) is 10.0 Å². The fourth-order valence-electron chi connectivity index (χ4n) is 2.33. The molecule has 0 atom stereocenters. The number of nitrogens with zero attached hydrogens (tertiary/aromatic N) is 1. The molecule has 3 nitrogen and oxygen atoms in total. The predicted molar refractivity (Wildman–Crippen MR) is 89.5 cm³/mol. The molecule has 0 fully saturated rings. The van der Waals surface area contributed by atoms with Crippen molar-refractivity contribution in [2.24, 2.45) is 0 Å². The SMILES string of the molecule is CCCCCc1ccc(-c2ccc(Br)cc2[N+](=O)[O-])cc1. The average molecular weight is 348 g/mol. The average Bonchev–Trinajstić information content (AvgIpc) is 2.48. The van der Waals surface area contributed by atoms with Crippen molar-refractivity contribution in [3.05, 3.63) is 62.6 Å². The van der Waals surface area contributed by atoms with Crippen LogP contribution in [0.15, 0.2) is 46.9 Å². The Labute approximate surface area is 133 Å². The third-order valence-corrected chi connectivity index (χ3v) is 3.98. The molecule has 4 heteroatoms. The molecule has 0 heterocycles. The van der Waals surface area contributed by atoms with Crippen LogP contribution in [-0.4, -0.2) is 4.92 Å². The Morgan fingerprint density at radius 3 is 2.43 bits per heavy atom. The molecule has 110 valence electrons. The second-order valence-electron chi connectivity index (χ2n) is 5.07. The van der Waals surface area contributed by atoms with Crippen LogP contribution in [0, 0.1) is 10.1 Å². The molecule has 0 aliphatic rings. The third-order valence-electron chi connectivity index (χ3n) is 3.49. The van der Waals surface area contributed by atoms with Crippen LogP contribution in [0.25, 0.3) is 11.1 Å². The van der Waals surface area contributed by atoms with Crippen molar-refractivity contribution in [2.75, 3.05) is 0 Å². The summed E-state index contributed by atoms with van der Waals surface area (Å²) in [6, 6.07) is 13.2. The minimum Gasteiger partial charge on any atom is -0.258 e. The molecule has 2 aromatic rings. The summed E-state index contributed by atoms with van der Waals surface area (Å²) in [4.78, 5) is 10.8. The zero-order valence-electron chi connectivity index (χ0n) is 12.0. The van der Waals surface area contributed by atoms with Crippen molar-refractivity contribution >= 4 is 21.6 Å². The molecule has 2 rings (SSSR count). The smallest absolute Gasteiger partial charge is 0.258 e. The maximum Gasteiger partial charge on any atom is 0.278 e. The fraction of sp³-hybridized carbons (Fsp3) is 0.294. The molecule has 0 saturated heterocycles. The first kappa shape index (κ1) is 15.7. The quantitative estimate of drug-likeness (QED) is 0.379. The van der Waals surface area contributed by atoms with Crippen LogP contribution in [0.1, 0.15) is 31.7 Å². The summed E-state index contributed by atoms with van der Waals surface area (Å²) in [6.07, 6.45) is 4.70. The Morgan fingerprint density at radius 2 is 1.81 bits per heavy atom. The number of halogens is 1. The van der Waals surface area contributed by atoms with Gasteiger partial charge in [-0.3, -0.25) is 10.1 Å². The van der Waals surface area contributed by atoms with E-state index in [2.05, 4.69) is 35.0 Å². The maximum absolute atomic E-state index is 11.2. The second kappa shape index (κ2) is 7.36. The topological polar surface area (TPSA) is 43.1 Å². The van der Waals surface area contributed by atoms with Crippen molar-refractivity contribution in [3.63, 3.8) is 0 Å². The zero-order valence-corrected chi connectivity index (χ0v) is 13.6. The Balaban J connectivity index is 2.24. The lowest BCUT2D eigenvalue weighted by molar-refractivity contribution is -0.384. The second-order valence-corrected chi connectivity index (χ2v) is 5.99. The standard InChI is InChI=1S/C17H18BrNO2/c1-2-3-4-5-13-6-8-14(9-7-13)16-11-10-15(18)12-17(16)19(20)21/h6-12H,2-5H2,1H3. The first-order chi connectivity index (χ1) is 10.1. The van der Waals surface area contributed by atoms with Gasteiger partial charge in [-0.2, -0.15) is 0 Å². The number of nitro groups is 1. The predicted octanol–water partition coefficient (Wildman–Crippen LogP) is 5.76. The van der Waals surface area contributed by atoms with E-state index in [0.717, 1.165) is 12.0 Å². The van der Waals surface area contributed by atoms with Crippen LogP contribution in [0.3, 0.4) is 0 Å². The van der Waals surface area contributed by atoms with Gasteiger partial charge in [-0.25, -0.2) is 0 Å². The molecule has 0 saturated carbocycles. The molecular formula is C17H18BrNO2. The van der Waals surface area contributed by atoms with Crippen molar-refractivity contribution in [2.45, 2.75) is 32.6 Å². The lowest BCUT2D eigenvalue weighted by Crippen LogP contribution is -1.92. The molecule has 0 aliphatic carbocycles. The lowest BCUT2D eigenvalue weighted by Gasteiger charge is -2.06. The van der Waals surface area contributed by atoms with E-state index in [1.165, 1.54) is 24.8 Å². The van der Waals surface area contributed by atoms with Gasteiger partial charge in [-0.15, -0.1) is 0 Å². The number of rotatable bonds is 6. The van der Waals surface area contributed by atoms with Gasteiger partial charge in [-0.05, 0) is 36.1 Å². The molecule has 0 unspecified atom stereocenters. The zero-order chi connectivity index (χ0) is 15.2. The van der Waals surface area contributed by atoms with Crippen LogP contribution in [0.2, 0.25) is 0 Å². The van der Waals surface area contributed by atoms with Gasteiger partial charge in [0.15, 0.2) is 0 Å². The Hall–Kier alpha value is -1.68. The van der Waals surface area contributed by atoms with Gasteiger partial charge in [-0.1, -0.05) is 60.0 Å². The lowest BCUT2D eigenvalue weighted by atomic mass is 10.0. The number of unbranched alkanes of at least 4 members (excludes halogenated alkanes) is 2. The summed E-state index contributed by atoms with van der Waals surface area (Å²) in [5, 5.41) is 11.2. The number of hydrogen-bond acceptors (Lipinski definition) is 2. The highest BCUT2D eigenvalue weighted by Gasteiger charge is 2.15. The molecule has 2 aromatic carbocycles. The number of hydrogen-bond donors (Lipinski definition) is 0. The van der Waals surface area contributed by atoms with E-state index >= 15 is 0 Å². The molecule has 0 amide bonds. The molecule has 0 radical (unpaired) electrons. The first-order valence-corrected chi connectivity index (χ1v) is 7.94. The molecule has 0 N–H and O–H groups in total. The monoisotopic (exact) mass is 347 g/mol. The van der Waals surface area contributed by atoms with Crippen molar-refractivity contribution in [1.82, 2.24) is 0 Å². The minimum absolute atomic E-state index is 0.128. The fourth-order valence-corrected chi connectivity index (χ4v) is 2.68. The molecule has 0 spiro atoms. The summed E-state index contributed by atoms with van der Waals surface area (Å²) in [5.74, 6) is 0. The summed E-state index contributed by atoms with van der Waals surface area (Å²) in [7, 11) is 0. The Bertz CT molecular complexity index is 623. The van der Waals surface area contributed by atoms with Crippen LogP contribution >= 0.6 is 15.9 Å². The molecule has 0 aliphatic heterocycles. The van der Waals surface area contributed by atoms with Crippen LogP contribution < -0.4 is 0 Å². The summed E-state index contributed by atoms with van der Waals surface area (Å²) in [5.41, 5.74) is 2.95. The summed E-state index contributed by atoms with van der Waals surface area (Å²) >= 11 is 3.28. The van der Waals surface area contributed by atoms with Crippen LogP contribution in [-0.2, 0) is 6.42 Å². The van der Waals surface area contributed by atoms with E-state index in [-0.39, 0.29) is 10.6 Å². The van der Waals surface area contributed by atoms with Gasteiger partial charge in [0.2, 0.25) is 0 Å². The number of benzene rings is 2. The first-order valence-electron chi connectivity index (χ1n) is 7.15. The normalized spacial score (nSPS) is 10.6. The van der Waals surface area contributed by atoms with Gasteiger partial charge in [0, 0.05) is 10.5 Å². The highest BCUT2D eigenvalue weighted by atomic mass is 79.9. The van der Waals surface area contributed by atoms with Gasteiger partial charge < -0.3 is 0 Å².